The fourth-order valence-corrected chi connectivity index (χ4v) is 3.04. The fourth-order valence-electron chi connectivity index (χ4n) is 3.04. The molecule has 1 aliphatic carbocycles. The lowest BCUT2D eigenvalue weighted by Gasteiger charge is -2.28. The number of aromatic nitrogens is 1. The van der Waals surface area contributed by atoms with Crippen LogP contribution in [0.5, 0.6) is 0 Å². The topological polar surface area (TPSA) is 25.2 Å². The van der Waals surface area contributed by atoms with E-state index in [9.17, 15) is 0 Å². The molecule has 1 aliphatic rings. The monoisotopic (exact) mass is 264 g/mol. The van der Waals surface area contributed by atoms with E-state index in [4.69, 9.17) is 4.99 Å². The van der Waals surface area contributed by atoms with Crippen LogP contribution in [0.15, 0.2) is 53.7 Å². The molecule has 0 bridgehead atoms. The van der Waals surface area contributed by atoms with Crippen molar-refractivity contribution in [2.45, 2.75) is 38.1 Å². The van der Waals surface area contributed by atoms with Crippen LogP contribution in [0, 0.1) is 0 Å². The van der Waals surface area contributed by atoms with Gasteiger partial charge in [0.2, 0.25) is 0 Å². The van der Waals surface area contributed by atoms with Gasteiger partial charge in [0.15, 0.2) is 0 Å². The summed E-state index contributed by atoms with van der Waals surface area (Å²) in [5.74, 6) is 0.542. The molecule has 2 heteroatoms. The number of nitrogens with zero attached hydrogens (tertiary/aromatic N) is 2. The van der Waals surface area contributed by atoms with Gasteiger partial charge < -0.3 is 0 Å². The first-order chi connectivity index (χ1) is 9.84. The first-order valence-corrected chi connectivity index (χ1v) is 7.36. The molecule has 2 atom stereocenters. The van der Waals surface area contributed by atoms with Gasteiger partial charge in [0.25, 0.3) is 0 Å². The van der Waals surface area contributed by atoms with Crippen LogP contribution in [-0.2, 0) is 6.42 Å². The van der Waals surface area contributed by atoms with E-state index in [0.717, 1.165) is 5.69 Å². The number of fused-ring (bicyclic) bond motifs is 1. The van der Waals surface area contributed by atoms with Gasteiger partial charge in [0, 0.05) is 18.3 Å². The summed E-state index contributed by atoms with van der Waals surface area (Å²) in [6, 6.07) is 15.0. The molecule has 0 fully saturated rings. The van der Waals surface area contributed by atoms with Crippen LogP contribution in [0.2, 0.25) is 0 Å². The van der Waals surface area contributed by atoms with E-state index in [0.29, 0.717) is 12.0 Å². The largest absolute Gasteiger partial charge is 0.287 e. The van der Waals surface area contributed by atoms with Gasteiger partial charge in [-0.05, 0) is 49.4 Å². The van der Waals surface area contributed by atoms with Gasteiger partial charge in [-0.2, -0.15) is 0 Å². The van der Waals surface area contributed by atoms with Crippen molar-refractivity contribution < 1.29 is 0 Å². The number of aliphatic imine (C=N–C) groups is 1. The van der Waals surface area contributed by atoms with E-state index in [1.807, 2.05) is 30.6 Å². The maximum absolute atomic E-state index is 4.73. The van der Waals surface area contributed by atoms with E-state index < -0.39 is 0 Å². The molecule has 1 aromatic carbocycles. The van der Waals surface area contributed by atoms with Crippen molar-refractivity contribution in [3.63, 3.8) is 0 Å². The summed E-state index contributed by atoms with van der Waals surface area (Å²) in [6.45, 7) is 2.21. The maximum atomic E-state index is 4.73. The Hall–Kier alpha value is -1.96. The number of hydrogen-bond donors (Lipinski definition) is 0. The SMILES string of the molecule is C[C@@H](N=Cc1ccccn1)C1CCCc2ccccc21. The average molecular weight is 264 g/mol. The molecule has 0 radical (unpaired) electrons. The van der Waals surface area contributed by atoms with E-state index in [1.54, 1.807) is 0 Å². The summed E-state index contributed by atoms with van der Waals surface area (Å²) in [5, 5.41) is 0. The molecule has 3 rings (SSSR count). The highest BCUT2D eigenvalue weighted by molar-refractivity contribution is 5.76. The molecule has 102 valence electrons. The maximum Gasteiger partial charge on any atom is 0.0807 e. The predicted molar refractivity (Wildman–Crippen MR) is 83.4 cm³/mol. The summed E-state index contributed by atoms with van der Waals surface area (Å²) >= 11 is 0. The lowest BCUT2D eigenvalue weighted by Crippen LogP contribution is -2.19. The number of hydrogen-bond acceptors (Lipinski definition) is 2. The Morgan fingerprint density at radius 3 is 2.90 bits per heavy atom. The molecule has 0 spiro atoms. The summed E-state index contributed by atoms with van der Waals surface area (Å²) in [5.41, 5.74) is 3.93. The molecule has 0 N–H and O–H groups in total. The highest BCUT2D eigenvalue weighted by Gasteiger charge is 2.24. The Kier molecular flexibility index (Phi) is 3.91. The zero-order chi connectivity index (χ0) is 13.8. The van der Waals surface area contributed by atoms with Crippen LogP contribution < -0.4 is 0 Å². The third-order valence-corrected chi connectivity index (χ3v) is 4.13. The Morgan fingerprint density at radius 2 is 2.05 bits per heavy atom. The number of rotatable bonds is 3. The molecule has 2 nitrogen and oxygen atoms in total. The van der Waals surface area contributed by atoms with Crippen LogP contribution in [0.1, 0.15) is 42.5 Å². The molecule has 2 aromatic rings. The van der Waals surface area contributed by atoms with E-state index >= 15 is 0 Å². The molecule has 1 unspecified atom stereocenters. The highest BCUT2D eigenvalue weighted by Crippen LogP contribution is 2.34. The number of aryl methyl sites for hydroxylation is 1. The van der Waals surface area contributed by atoms with Crippen molar-refractivity contribution in [3.05, 3.63) is 65.5 Å². The Bertz CT molecular complexity index is 589. The van der Waals surface area contributed by atoms with Crippen LogP contribution >= 0.6 is 0 Å². The van der Waals surface area contributed by atoms with Gasteiger partial charge in [-0.1, -0.05) is 30.3 Å². The Balaban J connectivity index is 1.78. The third-order valence-electron chi connectivity index (χ3n) is 4.13. The summed E-state index contributed by atoms with van der Waals surface area (Å²) in [4.78, 5) is 9.02. The van der Waals surface area contributed by atoms with Crippen LogP contribution in [0.4, 0.5) is 0 Å². The zero-order valence-electron chi connectivity index (χ0n) is 11.9. The Morgan fingerprint density at radius 1 is 1.20 bits per heavy atom. The quantitative estimate of drug-likeness (QED) is 0.769. The second-order valence-corrected chi connectivity index (χ2v) is 5.47. The first kappa shape index (κ1) is 13.0. The normalized spacial score (nSPS) is 19.8. The minimum atomic E-state index is 0.304. The van der Waals surface area contributed by atoms with E-state index in [2.05, 4.69) is 36.2 Å². The van der Waals surface area contributed by atoms with Gasteiger partial charge in [-0.15, -0.1) is 0 Å². The van der Waals surface area contributed by atoms with Crippen molar-refractivity contribution in [2.75, 3.05) is 0 Å². The van der Waals surface area contributed by atoms with Crippen LogP contribution in [0.25, 0.3) is 0 Å². The third kappa shape index (κ3) is 2.79. The van der Waals surface area contributed by atoms with E-state index in [-0.39, 0.29) is 0 Å². The summed E-state index contributed by atoms with van der Waals surface area (Å²) in [6.07, 6.45) is 7.43. The van der Waals surface area contributed by atoms with Crippen molar-refractivity contribution >= 4 is 6.21 Å². The van der Waals surface area contributed by atoms with E-state index in [1.165, 1.54) is 30.4 Å². The second-order valence-electron chi connectivity index (χ2n) is 5.47. The van der Waals surface area contributed by atoms with Gasteiger partial charge in [-0.3, -0.25) is 9.98 Å². The molecular formula is C18H20N2. The molecule has 20 heavy (non-hydrogen) atoms. The average Bonchev–Trinajstić information content (AvgIpc) is 2.53. The smallest absolute Gasteiger partial charge is 0.0807 e. The van der Waals surface area contributed by atoms with Crippen LogP contribution in [-0.4, -0.2) is 17.2 Å². The first-order valence-electron chi connectivity index (χ1n) is 7.36. The highest BCUT2D eigenvalue weighted by atomic mass is 14.8. The van der Waals surface area contributed by atoms with Gasteiger partial charge in [0.05, 0.1) is 11.7 Å². The zero-order valence-corrected chi connectivity index (χ0v) is 11.9. The second kappa shape index (κ2) is 6.00. The lowest BCUT2D eigenvalue weighted by atomic mass is 9.79. The molecule has 1 heterocycles. The molecule has 0 amide bonds. The predicted octanol–water partition coefficient (Wildman–Crippen LogP) is 4.01. The lowest BCUT2D eigenvalue weighted by molar-refractivity contribution is 0.487. The fraction of sp³-hybridized carbons (Fsp3) is 0.333. The number of benzene rings is 1. The summed E-state index contributed by atoms with van der Waals surface area (Å²) in [7, 11) is 0. The van der Waals surface area contributed by atoms with Crippen LogP contribution in [0.3, 0.4) is 0 Å². The molecule has 0 saturated carbocycles. The van der Waals surface area contributed by atoms with Crippen molar-refractivity contribution in [2.24, 2.45) is 4.99 Å². The Labute approximate surface area is 120 Å². The van der Waals surface area contributed by atoms with Crippen molar-refractivity contribution in [3.8, 4) is 0 Å². The molecule has 0 aliphatic heterocycles. The standard InChI is InChI=1S/C18H20N2/c1-14(20-13-16-9-4-5-12-19-16)17-11-6-8-15-7-2-3-10-18(15)17/h2-5,7,9-10,12-14,17H,6,8,11H2,1H3/t14-,17?/m1/s1. The minimum absolute atomic E-state index is 0.304. The van der Waals surface area contributed by atoms with Crippen molar-refractivity contribution in [1.82, 2.24) is 4.98 Å². The van der Waals surface area contributed by atoms with Gasteiger partial charge in [-0.25, -0.2) is 0 Å². The minimum Gasteiger partial charge on any atom is -0.287 e. The molecule has 0 saturated heterocycles. The number of pyridine rings is 1. The van der Waals surface area contributed by atoms with Gasteiger partial charge in [0.1, 0.15) is 0 Å². The van der Waals surface area contributed by atoms with Crippen molar-refractivity contribution in [1.29, 1.82) is 0 Å². The molecular weight excluding hydrogens is 244 g/mol. The summed E-state index contributed by atoms with van der Waals surface area (Å²) < 4.78 is 0. The van der Waals surface area contributed by atoms with Gasteiger partial charge >= 0.3 is 0 Å². The molecule has 1 aromatic heterocycles.